The first-order valence-electron chi connectivity index (χ1n) is 6.65. The highest BCUT2D eigenvalue weighted by molar-refractivity contribution is 5.49. The fraction of sp³-hybridized carbons (Fsp3) is 0.615. The smallest absolute Gasteiger partial charge is 0.178 e. The van der Waals surface area contributed by atoms with Crippen LogP contribution in [0.2, 0.25) is 0 Å². The Labute approximate surface area is 117 Å². The number of pyridine rings is 1. The maximum Gasteiger partial charge on any atom is 0.178 e. The summed E-state index contributed by atoms with van der Waals surface area (Å²) in [5, 5.41) is 0. The van der Waals surface area contributed by atoms with E-state index < -0.39 is 11.6 Å². The molecule has 0 saturated carbocycles. The van der Waals surface area contributed by atoms with E-state index in [2.05, 4.69) is 36.1 Å². The third kappa shape index (κ3) is 2.99. The zero-order valence-electron chi connectivity index (χ0n) is 12.1. The molecule has 1 fully saturated rings. The molecule has 0 atom stereocenters. The number of hydrogen-bond acceptors (Lipinski definition) is 5. The number of nitrogens with zero attached hydrogens (tertiary/aromatic N) is 3. The molecular formula is C13H21F2N5. The molecule has 1 saturated heterocycles. The lowest BCUT2D eigenvalue weighted by atomic mass is 10.0. The highest BCUT2D eigenvalue weighted by Crippen LogP contribution is 2.24. The van der Waals surface area contributed by atoms with Crippen molar-refractivity contribution in [2.24, 2.45) is 5.84 Å². The normalized spacial score (nSPS) is 17.4. The molecule has 0 spiro atoms. The van der Waals surface area contributed by atoms with Gasteiger partial charge in [0.15, 0.2) is 23.3 Å². The Balaban J connectivity index is 2.15. The number of hydrogen-bond donors (Lipinski definition) is 2. The van der Waals surface area contributed by atoms with Gasteiger partial charge in [0.2, 0.25) is 0 Å². The molecule has 7 heteroatoms. The molecule has 0 bridgehead atoms. The summed E-state index contributed by atoms with van der Waals surface area (Å²) in [6.07, 6.45) is 0. The molecule has 1 aromatic heterocycles. The van der Waals surface area contributed by atoms with Gasteiger partial charge >= 0.3 is 0 Å². The van der Waals surface area contributed by atoms with Crippen LogP contribution in [0.3, 0.4) is 0 Å². The van der Waals surface area contributed by atoms with Crippen molar-refractivity contribution in [1.82, 2.24) is 9.88 Å². The van der Waals surface area contributed by atoms with E-state index in [0.717, 1.165) is 19.2 Å². The van der Waals surface area contributed by atoms with Crippen molar-refractivity contribution in [2.45, 2.75) is 26.3 Å². The Kier molecular flexibility index (Phi) is 4.10. The molecule has 0 amide bonds. The number of piperazine rings is 1. The van der Waals surface area contributed by atoms with Crippen LogP contribution in [0, 0.1) is 11.6 Å². The second kappa shape index (κ2) is 5.49. The van der Waals surface area contributed by atoms with Crippen LogP contribution in [0.5, 0.6) is 0 Å². The van der Waals surface area contributed by atoms with Crippen LogP contribution in [0.4, 0.5) is 20.4 Å². The average molecular weight is 285 g/mol. The molecular weight excluding hydrogens is 264 g/mol. The standard InChI is InChI=1S/C13H21F2N5/c1-13(2,3)20-6-4-19(5-7-20)12-10(15)8-9(14)11(17-12)18-16/h8H,4-7,16H2,1-3H3,(H,17,18). The molecule has 0 unspecified atom stereocenters. The van der Waals surface area contributed by atoms with Crippen LogP contribution in [0.15, 0.2) is 6.07 Å². The average Bonchev–Trinajstić information content (AvgIpc) is 2.38. The molecule has 1 aliphatic rings. The van der Waals surface area contributed by atoms with E-state index in [-0.39, 0.29) is 17.2 Å². The van der Waals surface area contributed by atoms with Gasteiger partial charge in [0.1, 0.15) is 0 Å². The van der Waals surface area contributed by atoms with Gasteiger partial charge in [-0.2, -0.15) is 0 Å². The van der Waals surface area contributed by atoms with E-state index >= 15 is 0 Å². The molecule has 112 valence electrons. The van der Waals surface area contributed by atoms with E-state index in [9.17, 15) is 8.78 Å². The molecule has 0 aromatic carbocycles. The molecule has 0 radical (unpaired) electrons. The van der Waals surface area contributed by atoms with E-state index in [1.807, 2.05) is 4.90 Å². The van der Waals surface area contributed by atoms with Gasteiger partial charge in [0.05, 0.1) is 0 Å². The Morgan fingerprint density at radius 1 is 1.15 bits per heavy atom. The second-order valence-electron chi connectivity index (χ2n) is 5.91. The van der Waals surface area contributed by atoms with Crippen molar-refractivity contribution in [2.75, 3.05) is 36.5 Å². The number of rotatable bonds is 2. The maximum atomic E-state index is 13.9. The van der Waals surface area contributed by atoms with Gasteiger partial charge in [0.25, 0.3) is 0 Å². The minimum absolute atomic E-state index is 0.0881. The summed E-state index contributed by atoms with van der Waals surface area (Å²) in [6, 6.07) is 0.813. The summed E-state index contributed by atoms with van der Waals surface area (Å²) in [6.45, 7) is 9.37. The first-order chi connectivity index (χ1) is 9.32. The van der Waals surface area contributed by atoms with Crippen LogP contribution in [-0.4, -0.2) is 41.6 Å². The Bertz CT molecular complexity index is 478. The Morgan fingerprint density at radius 3 is 2.25 bits per heavy atom. The highest BCUT2D eigenvalue weighted by Gasteiger charge is 2.27. The summed E-state index contributed by atoms with van der Waals surface area (Å²) >= 11 is 0. The van der Waals surface area contributed by atoms with Gasteiger partial charge in [-0.1, -0.05) is 0 Å². The minimum Gasteiger partial charge on any atom is -0.352 e. The van der Waals surface area contributed by atoms with Crippen molar-refractivity contribution >= 4 is 11.6 Å². The molecule has 1 aliphatic heterocycles. The molecule has 20 heavy (non-hydrogen) atoms. The zero-order chi connectivity index (χ0) is 14.9. The number of nitrogen functional groups attached to an aromatic ring is 1. The summed E-state index contributed by atoms with van der Waals surface area (Å²) in [4.78, 5) is 8.07. The van der Waals surface area contributed by atoms with Gasteiger partial charge in [0, 0.05) is 37.8 Å². The third-order valence-electron chi connectivity index (χ3n) is 3.58. The lowest BCUT2D eigenvalue weighted by Crippen LogP contribution is -2.53. The number of hydrazine groups is 1. The first-order valence-corrected chi connectivity index (χ1v) is 6.65. The monoisotopic (exact) mass is 285 g/mol. The third-order valence-corrected chi connectivity index (χ3v) is 3.58. The number of nitrogens with one attached hydrogen (secondary N) is 1. The molecule has 0 aliphatic carbocycles. The van der Waals surface area contributed by atoms with Crippen LogP contribution < -0.4 is 16.2 Å². The molecule has 5 nitrogen and oxygen atoms in total. The fourth-order valence-electron chi connectivity index (χ4n) is 2.37. The van der Waals surface area contributed by atoms with Crippen molar-refractivity contribution in [3.05, 3.63) is 17.7 Å². The van der Waals surface area contributed by atoms with Gasteiger partial charge in [-0.15, -0.1) is 0 Å². The van der Waals surface area contributed by atoms with Crippen molar-refractivity contribution < 1.29 is 8.78 Å². The van der Waals surface area contributed by atoms with Gasteiger partial charge in [-0.3, -0.25) is 4.90 Å². The largest absolute Gasteiger partial charge is 0.352 e. The highest BCUT2D eigenvalue weighted by atomic mass is 19.1. The first kappa shape index (κ1) is 14.9. The Morgan fingerprint density at radius 2 is 1.75 bits per heavy atom. The molecule has 2 rings (SSSR count). The summed E-state index contributed by atoms with van der Waals surface area (Å²) < 4.78 is 27.2. The van der Waals surface area contributed by atoms with Crippen LogP contribution in [0.25, 0.3) is 0 Å². The molecule has 3 N–H and O–H groups in total. The van der Waals surface area contributed by atoms with Gasteiger partial charge in [-0.25, -0.2) is 19.6 Å². The SMILES string of the molecule is CC(C)(C)N1CCN(c2nc(NN)c(F)cc2F)CC1. The summed E-state index contributed by atoms with van der Waals surface area (Å²) in [5.74, 6) is 3.73. The van der Waals surface area contributed by atoms with E-state index in [4.69, 9.17) is 5.84 Å². The quantitative estimate of drug-likeness (QED) is 0.638. The van der Waals surface area contributed by atoms with Crippen molar-refractivity contribution in [3.8, 4) is 0 Å². The maximum absolute atomic E-state index is 13.9. The zero-order valence-corrected chi connectivity index (χ0v) is 12.1. The number of anilines is 2. The second-order valence-corrected chi connectivity index (χ2v) is 5.91. The van der Waals surface area contributed by atoms with Gasteiger partial charge < -0.3 is 10.3 Å². The van der Waals surface area contributed by atoms with Crippen molar-refractivity contribution in [1.29, 1.82) is 0 Å². The molecule has 1 aromatic rings. The van der Waals surface area contributed by atoms with Gasteiger partial charge in [-0.05, 0) is 20.8 Å². The summed E-state index contributed by atoms with van der Waals surface area (Å²) in [7, 11) is 0. The van der Waals surface area contributed by atoms with Crippen molar-refractivity contribution in [3.63, 3.8) is 0 Å². The number of nitrogens with two attached hydrogens (primary N) is 1. The van der Waals surface area contributed by atoms with E-state index in [1.54, 1.807) is 0 Å². The minimum atomic E-state index is -0.790. The number of halogens is 2. The van der Waals surface area contributed by atoms with Crippen LogP contribution in [0.1, 0.15) is 20.8 Å². The van der Waals surface area contributed by atoms with E-state index in [0.29, 0.717) is 13.1 Å². The Hall–Kier alpha value is -1.47. The fourth-order valence-corrected chi connectivity index (χ4v) is 2.37. The summed E-state index contributed by atoms with van der Waals surface area (Å²) in [5.41, 5.74) is 2.23. The lowest BCUT2D eigenvalue weighted by molar-refractivity contribution is 0.128. The topological polar surface area (TPSA) is 57.4 Å². The predicted octanol–water partition coefficient (Wildman–Crippen LogP) is 1.57. The molecule has 2 heterocycles. The van der Waals surface area contributed by atoms with Crippen LogP contribution in [-0.2, 0) is 0 Å². The van der Waals surface area contributed by atoms with E-state index in [1.165, 1.54) is 0 Å². The number of aromatic nitrogens is 1. The van der Waals surface area contributed by atoms with Crippen LogP contribution >= 0.6 is 0 Å². The predicted molar refractivity (Wildman–Crippen MR) is 75.5 cm³/mol. The lowest BCUT2D eigenvalue weighted by Gasteiger charge is -2.42.